The van der Waals surface area contributed by atoms with Gasteiger partial charge >= 0.3 is 0 Å². The third-order valence-electron chi connectivity index (χ3n) is 4.39. The van der Waals surface area contributed by atoms with Crippen molar-refractivity contribution in [2.24, 2.45) is 0 Å². The van der Waals surface area contributed by atoms with Crippen LogP contribution in [0.3, 0.4) is 0 Å². The van der Waals surface area contributed by atoms with E-state index in [1.807, 2.05) is 53.5 Å². The molecule has 0 spiro atoms. The topological polar surface area (TPSA) is 71.9 Å². The SMILES string of the molecule is COc1ccc2[nH]cc(CCNC(=O)Cc3cnc(-n4cccc4)s3)c2c1. The smallest absolute Gasteiger partial charge is 0.225 e. The number of aromatic amines is 1. The van der Waals surface area contributed by atoms with E-state index in [9.17, 15) is 4.79 Å². The molecule has 1 amide bonds. The largest absolute Gasteiger partial charge is 0.497 e. The first-order valence-electron chi connectivity index (χ1n) is 8.71. The molecule has 6 nitrogen and oxygen atoms in total. The highest BCUT2D eigenvalue weighted by molar-refractivity contribution is 7.14. The van der Waals surface area contributed by atoms with Gasteiger partial charge in [-0.05, 0) is 42.3 Å². The molecule has 0 radical (unpaired) electrons. The fourth-order valence-electron chi connectivity index (χ4n) is 3.01. The standard InChI is InChI=1S/C20H20N4O2S/c1-26-15-4-5-18-17(10-15)14(12-22-18)6-7-21-19(25)11-16-13-23-20(27-16)24-8-2-3-9-24/h2-5,8-10,12-13,22H,6-7,11H2,1H3,(H,21,25). The normalized spacial score (nSPS) is 11.0. The Morgan fingerprint density at radius 2 is 2.19 bits per heavy atom. The van der Waals surface area contributed by atoms with Gasteiger partial charge in [0.25, 0.3) is 0 Å². The van der Waals surface area contributed by atoms with E-state index >= 15 is 0 Å². The Hall–Kier alpha value is -3.06. The molecule has 0 fully saturated rings. The van der Waals surface area contributed by atoms with E-state index in [1.54, 1.807) is 13.3 Å². The van der Waals surface area contributed by atoms with E-state index in [0.717, 1.165) is 38.6 Å². The van der Waals surface area contributed by atoms with E-state index in [0.29, 0.717) is 13.0 Å². The molecule has 3 aromatic heterocycles. The van der Waals surface area contributed by atoms with Crippen LogP contribution in [0.2, 0.25) is 0 Å². The third kappa shape index (κ3) is 3.88. The zero-order valence-corrected chi connectivity index (χ0v) is 15.8. The summed E-state index contributed by atoms with van der Waals surface area (Å²) in [7, 11) is 1.66. The van der Waals surface area contributed by atoms with Crippen molar-refractivity contribution in [1.82, 2.24) is 19.9 Å². The summed E-state index contributed by atoms with van der Waals surface area (Å²) in [5, 5.41) is 4.99. The molecular formula is C20H20N4O2S. The molecule has 0 saturated heterocycles. The number of amides is 1. The predicted molar refractivity (Wildman–Crippen MR) is 107 cm³/mol. The van der Waals surface area contributed by atoms with Crippen molar-refractivity contribution in [3.05, 3.63) is 65.6 Å². The van der Waals surface area contributed by atoms with Gasteiger partial charge in [0, 0.05) is 47.1 Å². The first kappa shape index (κ1) is 17.4. The molecule has 1 aromatic carbocycles. The number of thiazole rings is 1. The molecule has 0 atom stereocenters. The zero-order chi connectivity index (χ0) is 18.6. The molecule has 0 bridgehead atoms. The van der Waals surface area contributed by atoms with E-state index in [4.69, 9.17) is 4.74 Å². The zero-order valence-electron chi connectivity index (χ0n) is 14.9. The van der Waals surface area contributed by atoms with Crippen molar-refractivity contribution in [3.63, 3.8) is 0 Å². The van der Waals surface area contributed by atoms with Crippen LogP contribution in [0.15, 0.2) is 55.1 Å². The molecule has 2 N–H and O–H groups in total. The molecule has 3 heterocycles. The van der Waals surface area contributed by atoms with Crippen LogP contribution in [0.1, 0.15) is 10.4 Å². The fraction of sp³-hybridized carbons (Fsp3) is 0.200. The second kappa shape index (κ2) is 7.67. The monoisotopic (exact) mass is 380 g/mol. The number of nitrogens with one attached hydrogen (secondary N) is 2. The number of H-pyrrole nitrogens is 1. The number of hydrogen-bond acceptors (Lipinski definition) is 4. The van der Waals surface area contributed by atoms with E-state index in [1.165, 1.54) is 11.3 Å². The van der Waals surface area contributed by atoms with Gasteiger partial charge < -0.3 is 19.6 Å². The number of fused-ring (bicyclic) bond motifs is 1. The maximum Gasteiger partial charge on any atom is 0.225 e. The molecule has 0 saturated carbocycles. The van der Waals surface area contributed by atoms with Crippen molar-refractivity contribution >= 4 is 28.1 Å². The first-order valence-corrected chi connectivity index (χ1v) is 9.53. The second-order valence-corrected chi connectivity index (χ2v) is 7.30. The van der Waals surface area contributed by atoms with Crippen LogP contribution in [0.5, 0.6) is 5.75 Å². The Morgan fingerprint density at radius 3 is 3.00 bits per heavy atom. The number of ether oxygens (including phenoxy) is 1. The van der Waals surface area contributed by atoms with E-state index < -0.39 is 0 Å². The molecule has 0 aliphatic heterocycles. The molecular weight excluding hydrogens is 360 g/mol. The lowest BCUT2D eigenvalue weighted by Gasteiger charge is -2.04. The highest BCUT2D eigenvalue weighted by Gasteiger charge is 2.09. The number of nitrogens with zero attached hydrogens (tertiary/aromatic N) is 2. The van der Waals surface area contributed by atoms with E-state index in [2.05, 4.69) is 15.3 Å². The Kier molecular flexibility index (Phi) is 4.93. The van der Waals surface area contributed by atoms with E-state index in [-0.39, 0.29) is 5.91 Å². The number of hydrogen-bond donors (Lipinski definition) is 2. The summed E-state index contributed by atoms with van der Waals surface area (Å²) in [5.41, 5.74) is 2.23. The summed E-state index contributed by atoms with van der Waals surface area (Å²) in [4.78, 5) is 20.8. The van der Waals surface area contributed by atoms with Crippen molar-refractivity contribution < 1.29 is 9.53 Å². The highest BCUT2D eigenvalue weighted by atomic mass is 32.1. The molecule has 0 unspecified atom stereocenters. The van der Waals surface area contributed by atoms with Crippen molar-refractivity contribution in [3.8, 4) is 10.9 Å². The van der Waals surface area contributed by atoms with Crippen molar-refractivity contribution in [1.29, 1.82) is 0 Å². The van der Waals surface area contributed by atoms with Crippen LogP contribution < -0.4 is 10.1 Å². The van der Waals surface area contributed by atoms with Gasteiger partial charge in [-0.15, -0.1) is 11.3 Å². The molecule has 4 rings (SSSR count). The Balaban J connectivity index is 1.32. The first-order chi connectivity index (χ1) is 13.2. The number of carbonyl (C=O) groups excluding carboxylic acids is 1. The third-order valence-corrected chi connectivity index (χ3v) is 5.40. The van der Waals surface area contributed by atoms with Gasteiger partial charge in [0.1, 0.15) is 5.75 Å². The molecule has 0 aliphatic carbocycles. The summed E-state index contributed by atoms with van der Waals surface area (Å²) >= 11 is 1.53. The molecule has 7 heteroatoms. The number of rotatable bonds is 7. The minimum Gasteiger partial charge on any atom is -0.497 e. The summed E-state index contributed by atoms with van der Waals surface area (Å²) in [6, 6.07) is 9.86. The van der Waals surface area contributed by atoms with Crippen LogP contribution in [0.25, 0.3) is 16.0 Å². The van der Waals surface area contributed by atoms with Gasteiger partial charge in [0.2, 0.25) is 5.91 Å². The summed E-state index contributed by atoms with van der Waals surface area (Å²) in [6.07, 6.45) is 8.75. The van der Waals surface area contributed by atoms with Crippen LogP contribution >= 0.6 is 11.3 Å². The number of benzene rings is 1. The molecule has 138 valence electrons. The van der Waals surface area contributed by atoms with Gasteiger partial charge in [-0.25, -0.2) is 4.98 Å². The quantitative estimate of drug-likeness (QED) is 0.517. The summed E-state index contributed by atoms with van der Waals surface area (Å²) in [5.74, 6) is 0.839. The van der Waals surface area contributed by atoms with Crippen LogP contribution in [0, 0.1) is 0 Å². The lowest BCUT2D eigenvalue weighted by Crippen LogP contribution is -2.26. The number of methoxy groups -OCH3 is 1. The lowest BCUT2D eigenvalue weighted by molar-refractivity contribution is -0.120. The molecule has 27 heavy (non-hydrogen) atoms. The number of carbonyl (C=O) groups is 1. The maximum absolute atomic E-state index is 12.2. The second-order valence-electron chi connectivity index (χ2n) is 6.20. The van der Waals surface area contributed by atoms with Gasteiger partial charge in [0.15, 0.2) is 5.13 Å². The predicted octanol–water partition coefficient (Wildman–Crippen LogP) is 3.33. The lowest BCUT2D eigenvalue weighted by atomic mass is 10.1. The summed E-state index contributed by atoms with van der Waals surface area (Å²) in [6.45, 7) is 0.590. The minimum absolute atomic E-state index is 0.00938. The Morgan fingerprint density at radius 1 is 1.33 bits per heavy atom. The Bertz CT molecular complexity index is 1050. The molecule has 4 aromatic rings. The van der Waals surface area contributed by atoms with Crippen LogP contribution in [-0.4, -0.2) is 34.1 Å². The maximum atomic E-state index is 12.2. The average Bonchev–Trinajstić information content (AvgIpc) is 3.42. The van der Waals surface area contributed by atoms with Gasteiger partial charge in [-0.2, -0.15) is 0 Å². The summed E-state index contributed by atoms with van der Waals surface area (Å²) < 4.78 is 7.24. The van der Waals surface area contributed by atoms with Crippen LogP contribution in [0.4, 0.5) is 0 Å². The van der Waals surface area contributed by atoms with Gasteiger partial charge in [-0.3, -0.25) is 4.79 Å². The number of aromatic nitrogens is 3. The Labute approximate surface area is 160 Å². The fourth-order valence-corrected chi connectivity index (χ4v) is 3.88. The highest BCUT2D eigenvalue weighted by Crippen LogP contribution is 2.23. The van der Waals surface area contributed by atoms with Crippen molar-refractivity contribution in [2.45, 2.75) is 12.8 Å². The van der Waals surface area contributed by atoms with Crippen molar-refractivity contribution in [2.75, 3.05) is 13.7 Å². The van der Waals surface area contributed by atoms with Crippen LogP contribution in [-0.2, 0) is 17.6 Å². The minimum atomic E-state index is 0.00938. The molecule has 0 aliphatic rings. The average molecular weight is 380 g/mol. The van der Waals surface area contributed by atoms with Gasteiger partial charge in [0.05, 0.1) is 13.5 Å². The van der Waals surface area contributed by atoms with Gasteiger partial charge in [-0.1, -0.05) is 0 Å².